The van der Waals surface area contributed by atoms with Gasteiger partial charge in [-0.25, -0.2) is 0 Å². The molecular formula is C12H8BrN3. The maximum absolute atomic E-state index is 4.21. The van der Waals surface area contributed by atoms with Crippen LogP contribution in [0.5, 0.6) is 0 Å². The lowest BCUT2D eigenvalue weighted by molar-refractivity contribution is 1.12. The summed E-state index contributed by atoms with van der Waals surface area (Å²) in [4.78, 5) is 4.21. The molecule has 0 radical (unpaired) electrons. The smallest absolute Gasteiger partial charge is 0.0759 e. The molecule has 3 rings (SSSR count). The fourth-order valence-corrected chi connectivity index (χ4v) is 1.98. The van der Waals surface area contributed by atoms with Crippen LogP contribution in [0.2, 0.25) is 0 Å². The fourth-order valence-electron chi connectivity index (χ4n) is 1.71. The molecule has 3 aromatic rings. The van der Waals surface area contributed by atoms with Crippen molar-refractivity contribution in [3.8, 4) is 11.1 Å². The number of aromatic nitrogens is 3. The van der Waals surface area contributed by atoms with Crippen molar-refractivity contribution in [2.24, 2.45) is 0 Å². The maximum Gasteiger partial charge on any atom is 0.0759 e. The summed E-state index contributed by atoms with van der Waals surface area (Å²) in [5.74, 6) is 0. The summed E-state index contributed by atoms with van der Waals surface area (Å²) in [5, 5.41) is 8.06. The van der Waals surface area contributed by atoms with Gasteiger partial charge in [0.05, 0.1) is 11.7 Å². The third-order valence-electron chi connectivity index (χ3n) is 2.51. The first kappa shape index (κ1) is 9.54. The zero-order chi connectivity index (χ0) is 11.0. The fraction of sp³-hybridized carbons (Fsp3) is 0. The summed E-state index contributed by atoms with van der Waals surface area (Å²) in [5.41, 5.74) is 3.23. The number of hydrogen-bond acceptors (Lipinski definition) is 2. The number of benzene rings is 1. The van der Waals surface area contributed by atoms with E-state index in [4.69, 9.17) is 0 Å². The van der Waals surface area contributed by atoms with Gasteiger partial charge >= 0.3 is 0 Å². The molecule has 3 nitrogen and oxygen atoms in total. The highest BCUT2D eigenvalue weighted by atomic mass is 79.9. The second-order valence-electron chi connectivity index (χ2n) is 3.53. The van der Waals surface area contributed by atoms with Gasteiger partial charge < -0.3 is 0 Å². The molecule has 0 saturated heterocycles. The highest BCUT2D eigenvalue weighted by molar-refractivity contribution is 9.10. The third-order valence-corrected chi connectivity index (χ3v) is 3.04. The predicted molar refractivity (Wildman–Crippen MR) is 67.0 cm³/mol. The average Bonchev–Trinajstić information content (AvgIpc) is 2.78. The molecule has 0 bridgehead atoms. The average molecular weight is 274 g/mol. The molecule has 16 heavy (non-hydrogen) atoms. The van der Waals surface area contributed by atoms with E-state index in [1.54, 1.807) is 12.4 Å². The van der Waals surface area contributed by atoms with E-state index >= 15 is 0 Å². The van der Waals surface area contributed by atoms with Gasteiger partial charge in [0, 0.05) is 27.8 Å². The van der Waals surface area contributed by atoms with Gasteiger partial charge in [-0.05, 0) is 17.7 Å². The molecule has 0 aliphatic carbocycles. The summed E-state index contributed by atoms with van der Waals surface area (Å²) < 4.78 is 1.07. The summed E-state index contributed by atoms with van der Waals surface area (Å²) in [6.07, 6.45) is 5.44. The topological polar surface area (TPSA) is 41.6 Å². The molecule has 2 aromatic heterocycles. The van der Waals surface area contributed by atoms with Gasteiger partial charge in [-0.15, -0.1) is 0 Å². The minimum Gasteiger partial charge on any atom is -0.277 e. The Morgan fingerprint density at radius 2 is 1.81 bits per heavy atom. The van der Waals surface area contributed by atoms with Crippen molar-refractivity contribution < 1.29 is 0 Å². The molecular weight excluding hydrogens is 266 g/mol. The summed E-state index contributed by atoms with van der Waals surface area (Å²) >= 11 is 3.42. The Morgan fingerprint density at radius 1 is 1.00 bits per heavy atom. The molecule has 78 valence electrons. The number of fused-ring (bicyclic) bond motifs is 1. The van der Waals surface area contributed by atoms with Crippen molar-refractivity contribution in [1.82, 2.24) is 15.2 Å². The largest absolute Gasteiger partial charge is 0.277 e. The van der Waals surface area contributed by atoms with E-state index in [0.29, 0.717) is 0 Å². The van der Waals surface area contributed by atoms with Crippen molar-refractivity contribution in [2.75, 3.05) is 0 Å². The number of rotatable bonds is 1. The van der Waals surface area contributed by atoms with Crippen LogP contribution in [0.1, 0.15) is 0 Å². The lowest BCUT2D eigenvalue weighted by atomic mass is 10.1. The Balaban J connectivity index is 2.25. The van der Waals surface area contributed by atoms with E-state index in [-0.39, 0.29) is 0 Å². The molecule has 0 spiro atoms. The Hall–Kier alpha value is -1.68. The van der Waals surface area contributed by atoms with E-state index in [1.165, 1.54) is 0 Å². The Bertz CT molecular complexity index is 628. The van der Waals surface area contributed by atoms with Crippen LogP contribution in [-0.2, 0) is 0 Å². The molecule has 0 atom stereocenters. The standard InChI is InChI=1S/C12H8BrN3/c13-10-3-1-8(2-4-10)11-7-14-5-9-6-15-16-12(9)11/h1-7H,(H,15,16). The van der Waals surface area contributed by atoms with Crippen molar-refractivity contribution in [1.29, 1.82) is 0 Å². The van der Waals surface area contributed by atoms with E-state index < -0.39 is 0 Å². The van der Waals surface area contributed by atoms with Crippen molar-refractivity contribution in [2.45, 2.75) is 0 Å². The normalized spacial score (nSPS) is 10.8. The highest BCUT2D eigenvalue weighted by Crippen LogP contribution is 2.26. The summed E-state index contributed by atoms with van der Waals surface area (Å²) in [7, 11) is 0. The van der Waals surface area contributed by atoms with Gasteiger partial charge in [0.1, 0.15) is 0 Å². The van der Waals surface area contributed by atoms with Crippen LogP contribution in [0.15, 0.2) is 47.3 Å². The van der Waals surface area contributed by atoms with Gasteiger partial charge in [0.2, 0.25) is 0 Å². The van der Waals surface area contributed by atoms with E-state index in [9.17, 15) is 0 Å². The lowest BCUT2D eigenvalue weighted by Gasteiger charge is -2.02. The van der Waals surface area contributed by atoms with Crippen LogP contribution in [0.4, 0.5) is 0 Å². The first-order valence-corrected chi connectivity index (χ1v) is 5.67. The minimum absolute atomic E-state index is 1.03. The monoisotopic (exact) mass is 273 g/mol. The molecule has 0 aliphatic heterocycles. The molecule has 1 N–H and O–H groups in total. The maximum atomic E-state index is 4.21. The Morgan fingerprint density at radius 3 is 2.62 bits per heavy atom. The van der Waals surface area contributed by atoms with Crippen molar-refractivity contribution in [3.05, 3.63) is 47.3 Å². The lowest BCUT2D eigenvalue weighted by Crippen LogP contribution is -1.82. The number of aromatic amines is 1. The van der Waals surface area contributed by atoms with Gasteiger partial charge in [-0.3, -0.25) is 10.1 Å². The van der Waals surface area contributed by atoms with Crippen LogP contribution in [0, 0.1) is 0 Å². The Kier molecular flexibility index (Phi) is 2.22. The summed E-state index contributed by atoms with van der Waals surface area (Å²) in [6, 6.07) is 8.15. The first-order chi connectivity index (χ1) is 7.84. The number of halogens is 1. The Labute approximate surface area is 101 Å². The predicted octanol–water partition coefficient (Wildman–Crippen LogP) is 3.39. The number of nitrogens with zero attached hydrogens (tertiary/aromatic N) is 2. The van der Waals surface area contributed by atoms with Gasteiger partial charge in [-0.1, -0.05) is 28.1 Å². The van der Waals surface area contributed by atoms with Gasteiger partial charge in [-0.2, -0.15) is 5.10 Å². The van der Waals surface area contributed by atoms with Gasteiger partial charge in [0.15, 0.2) is 0 Å². The first-order valence-electron chi connectivity index (χ1n) is 4.87. The zero-order valence-corrected chi connectivity index (χ0v) is 9.90. The van der Waals surface area contributed by atoms with Crippen LogP contribution in [0.3, 0.4) is 0 Å². The molecule has 0 amide bonds. The third kappa shape index (κ3) is 1.51. The molecule has 2 heterocycles. The molecule has 0 unspecified atom stereocenters. The molecule has 0 saturated carbocycles. The molecule has 4 heteroatoms. The number of pyridine rings is 1. The highest BCUT2D eigenvalue weighted by Gasteiger charge is 2.05. The number of nitrogens with one attached hydrogen (secondary N) is 1. The van der Waals surface area contributed by atoms with Crippen LogP contribution >= 0.6 is 15.9 Å². The van der Waals surface area contributed by atoms with Gasteiger partial charge in [0.25, 0.3) is 0 Å². The second-order valence-corrected chi connectivity index (χ2v) is 4.44. The van der Waals surface area contributed by atoms with Crippen LogP contribution < -0.4 is 0 Å². The van der Waals surface area contributed by atoms with Crippen LogP contribution in [-0.4, -0.2) is 15.2 Å². The number of hydrogen-bond donors (Lipinski definition) is 1. The van der Waals surface area contributed by atoms with Crippen molar-refractivity contribution >= 4 is 26.8 Å². The van der Waals surface area contributed by atoms with Crippen molar-refractivity contribution in [3.63, 3.8) is 0 Å². The number of H-pyrrole nitrogens is 1. The van der Waals surface area contributed by atoms with E-state index in [0.717, 1.165) is 26.5 Å². The second kappa shape index (κ2) is 3.72. The quantitative estimate of drug-likeness (QED) is 0.739. The molecule has 0 aliphatic rings. The minimum atomic E-state index is 1.03. The molecule has 1 aromatic carbocycles. The zero-order valence-electron chi connectivity index (χ0n) is 8.31. The van der Waals surface area contributed by atoms with Crippen LogP contribution in [0.25, 0.3) is 22.0 Å². The van der Waals surface area contributed by atoms with E-state index in [2.05, 4.69) is 43.2 Å². The summed E-state index contributed by atoms with van der Waals surface area (Å²) in [6.45, 7) is 0. The molecule has 0 fully saturated rings. The SMILES string of the molecule is Brc1ccc(-c2cncc3cn[nH]c23)cc1. The van der Waals surface area contributed by atoms with E-state index in [1.807, 2.05) is 18.3 Å².